The van der Waals surface area contributed by atoms with E-state index in [4.69, 9.17) is 10.2 Å². The van der Waals surface area contributed by atoms with Crippen LogP contribution < -0.4 is 0 Å². The highest BCUT2D eigenvalue weighted by Gasteiger charge is 2.10. The SMILES string of the molecule is CCn1c(Cc2cccc(Br)c2)nc2cc(C#N)ccc21. The Kier molecular flexibility index (Phi) is 3.76. The quantitative estimate of drug-likeness (QED) is 0.714. The average Bonchev–Trinajstić information content (AvgIpc) is 2.83. The number of hydrogen-bond acceptors (Lipinski definition) is 2. The minimum absolute atomic E-state index is 0.650. The molecule has 0 fully saturated rings. The van der Waals surface area contributed by atoms with E-state index in [2.05, 4.69) is 45.6 Å². The van der Waals surface area contributed by atoms with Gasteiger partial charge in [-0.1, -0.05) is 28.1 Å². The fourth-order valence-electron chi connectivity index (χ4n) is 2.57. The van der Waals surface area contributed by atoms with Crippen LogP contribution in [0.25, 0.3) is 11.0 Å². The third-order valence-electron chi connectivity index (χ3n) is 3.52. The van der Waals surface area contributed by atoms with Gasteiger partial charge in [0.25, 0.3) is 0 Å². The van der Waals surface area contributed by atoms with E-state index in [0.29, 0.717) is 5.56 Å². The maximum Gasteiger partial charge on any atom is 0.114 e. The summed E-state index contributed by atoms with van der Waals surface area (Å²) in [5.41, 5.74) is 3.84. The molecule has 1 aromatic heterocycles. The topological polar surface area (TPSA) is 41.6 Å². The highest BCUT2D eigenvalue weighted by atomic mass is 79.9. The van der Waals surface area contributed by atoms with E-state index < -0.39 is 0 Å². The van der Waals surface area contributed by atoms with Crippen LogP contribution in [-0.2, 0) is 13.0 Å². The predicted octanol–water partition coefficient (Wildman–Crippen LogP) is 4.28. The van der Waals surface area contributed by atoms with Crippen molar-refractivity contribution in [1.29, 1.82) is 5.26 Å². The van der Waals surface area contributed by atoms with Crippen LogP contribution in [0.15, 0.2) is 46.9 Å². The maximum atomic E-state index is 9.01. The Hall–Kier alpha value is -2.12. The molecule has 1 heterocycles. The van der Waals surface area contributed by atoms with Gasteiger partial charge in [0.1, 0.15) is 5.82 Å². The highest BCUT2D eigenvalue weighted by Crippen LogP contribution is 2.21. The number of aryl methyl sites for hydroxylation is 1. The zero-order valence-corrected chi connectivity index (χ0v) is 13.3. The lowest BCUT2D eigenvalue weighted by molar-refractivity contribution is 0.733. The van der Waals surface area contributed by atoms with Crippen LogP contribution in [0.2, 0.25) is 0 Å². The summed E-state index contributed by atoms with van der Waals surface area (Å²) in [7, 11) is 0. The summed E-state index contributed by atoms with van der Waals surface area (Å²) in [6, 6.07) is 16.1. The fraction of sp³-hybridized carbons (Fsp3) is 0.176. The summed E-state index contributed by atoms with van der Waals surface area (Å²) < 4.78 is 3.28. The van der Waals surface area contributed by atoms with Gasteiger partial charge in [-0.15, -0.1) is 0 Å². The van der Waals surface area contributed by atoms with E-state index in [9.17, 15) is 0 Å². The van der Waals surface area contributed by atoms with Gasteiger partial charge in [0.2, 0.25) is 0 Å². The molecule has 0 aliphatic rings. The van der Waals surface area contributed by atoms with Gasteiger partial charge >= 0.3 is 0 Å². The molecule has 0 saturated carbocycles. The van der Waals surface area contributed by atoms with Crippen molar-refractivity contribution in [2.24, 2.45) is 0 Å². The molecule has 0 saturated heterocycles. The fourth-order valence-corrected chi connectivity index (χ4v) is 3.01. The molecule has 0 bridgehead atoms. The lowest BCUT2D eigenvalue weighted by Crippen LogP contribution is -2.02. The van der Waals surface area contributed by atoms with Crippen LogP contribution in [0, 0.1) is 11.3 Å². The summed E-state index contributed by atoms with van der Waals surface area (Å²) in [6.07, 6.45) is 0.782. The van der Waals surface area contributed by atoms with E-state index in [0.717, 1.165) is 34.3 Å². The second kappa shape index (κ2) is 5.71. The van der Waals surface area contributed by atoms with Crippen molar-refractivity contribution in [3.63, 3.8) is 0 Å². The molecule has 3 aromatic rings. The minimum atomic E-state index is 0.650. The summed E-state index contributed by atoms with van der Waals surface area (Å²) >= 11 is 3.50. The summed E-state index contributed by atoms with van der Waals surface area (Å²) in [5.74, 6) is 1.03. The largest absolute Gasteiger partial charge is 0.328 e. The number of imidazole rings is 1. The molecular weight excluding hydrogens is 326 g/mol. The molecule has 3 nitrogen and oxygen atoms in total. The molecule has 0 spiro atoms. The Balaban J connectivity index is 2.07. The molecule has 0 N–H and O–H groups in total. The molecule has 0 aliphatic carbocycles. The molecule has 0 aliphatic heterocycles. The zero-order chi connectivity index (χ0) is 14.8. The van der Waals surface area contributed by atoms with Crippen molar-refractivity contribution in [3.05, 3.63) is 63.9 Å². The highest BCUT2D eigenvalue weighted by molar-refractivity contribution is 9.10. The second-order valence-electron chi connectivity index (χ2n) is 4.89. The van der Waals surface area contributed by atoms with Crippen molar-refractivity contribution < 1.29 is 0 Å². The third kappa shape index (κ3) is 2.70. The number of fused-ring (bicyclic) bond motifs is 1. The van der Waals surface area contributed by atoms with E-state index in [1.54, 1.807) is 0 Å². The lowest BCUT2D eigenvalue weighted by atomic mass is 10.1. The van der Waals surface area contributed by atoms with Crippen LogP contribution >= 0.6 is 15.9 Å². The Labute approximate surface area is 132 Å². The molecule has 0 amide bonds. The van der Waals surface area contributed by atoms with E-state index >= 15 is 0 Å². The van der Waals surface area contributed by atoms with Crippen LogP contribution in [0.4, 0.5) is 0 Å². The first-order chi connectivity index (χ1) is 10.2. The molecule has 21 heavy (non-hydrogen) atoms. The normalized spacial score (nSPS) is 10.7. The zero-order valence-electron chi connectivity index (χ0n) is 11.7. The standard InChI is InChI=1S/C17H14BrN3/c1-2-21-16-7-6-13(11-19)9-15(16)20-17(21)10-12-4-3-5-14(18)8-12/h3-9H,2,10H2,1H3. The van der Waals surface area contributed by atoms with Crippen molar-refractivity contribution in [2.75, 3.05) is 0 Å². The molecule has 4 heteroatoms. The van der Waals surface area contributed by atoms with E-state index in [1.165, 1.54) is 5.56 Å². The number of nitriles is 1. The second-order valence-corrected chi connectivity index (χ2v) is 5.81. The van der Waals surface area contributed by atoms with Crippen molar-refractivity contribution in [2.45, 2.75) is 19.9 Å². The Bertz CT molecular complexity index is 843. The van der Waals surface area contributed by atoms with Crippen LogP contribution in [0.3, 0.4) is 0 Å². The van der Waals surface area contributed by atoms with Gasteiger partial charge < -0.3 is 4.57 Å². The number of rotatable bonds is 3. The number of hydrogen-bond donors (Lipinski definition) is 0. The third-order valence-corrected chi connectivity index (χ3v) is 4.02. The van der Waals surface area contributed by atoms with E-state index in [1.807, 2.05) is 30.3 Å². The molecule has 104 valence electrons. The van der Waals surface area contributed by atoms with Gasteiger partial charge in [0.05, 0.1) is 22.7 Å². The van der Waals surface area contributed by atoms with Crippen LogP contribution in [0.5, 0.6) is 0 Å². The van der Waals surface area contributed by atoms with Crippen LogP contribution in [0.1, 0.15) is 23.9 Å². The number of aromatic nitrogens is 2. The Morgan fingerprint density at radius 1 is 1.24 bits per heavy atom. The minimum Gasteiger partial charge on any atom is -0.328 e. The van der Waals surface area contributed by atoms with Gasteiger partial charge in [-0.3, -0.25) is 0 Å². The molecule has 2 aromatic carbocycles. The van der Waals surface area contributed by atoms with Gasteiger partial charge in [0, 0.05) is 17.4 Å². The molecular formula is C17H14BrN3. The van der Waals surface area contributed by atoms with E-state index in [-0.39, 0.29) is 0 Å². The summed E-state index contributed by atoms with van der Waals surface area (Å²) in [4.78, 5) is 4.71. The van der Waals surface area contributed by atoms with Crippen LogP contribution in [-0.4, -0.2) is 9.55 Å². The Morgan fingerprint density at radius 3 is 2.81 bits per heavy atom. The first kappa shape index (κ1) is 13.8. The molecule has 0 atom stereocenters. The number of nitrogens with zero attached hydrogens (tertiary/aromatic N) is 3. The summed E-state index contributed by atoms with van der Waals surface area (Å²) in [5, 5.41) is 9.01. The van der Waals surface area contributed by atoms with Gasteiger partial charge in [-0.05, 0) is 42.8 Å². The van der Waals surface area contributed by atoms with Gasteiger partial charge in [-0.25, -0.2) is 4.98 Å². The van der Waals surface area contributed by atoms with Crippen molar-refractivity contribution in [3.8, 4) is 6.07 Å². The molecule has 3 rings (SSSR count). The number of benzene rings is 2. The summed E-state index contributed by atoms with van der Waals surface area (Å²) in [6.45, 7) is 2.98. The lowest BCUT2D eigenvalue weighted by Gasteiger charge is -2.06. The monoisotopic (exact) mass is 339 g/mol. The molecule has 0 radical (unpaired) electrons. The maximum absolute atomic E-state index is 9.01. The van der Waals surface area contributed by atoms with Gasteiger partial charge in [-0.2, -0.15) is 5.26 Å². The first-order valence-corrected chi connectivity index (χ1v) is 7.64. The van der Waals surface area contributed by atoms with Crippen molar-refractivity contribution >= 4 is 27.0 Å². The smallest absolute Gasteiger partial charge is 0.114 e. The van der Waals surface area contributed by atoms with Gasteiger partial charge in [0.15, 0.2) is 0 Å². The predicted molar refractivity (Wildman–Crippen MR) is 87.1 cm³/mol. The average molecular weight is 340 g/mol. The Morgan fingerprint density at radius 2 is 2.10 bits per heavy atom. The first-order valence-electron chi connectivity index (χ1n) is 6.85. The van der Waals surface area contributed by atoms with Crippen molar-refractivity contribution in [1.82, 2.24) is 9.55 Å². The number of halogens is 1. The molecule has 0 unspecified atom stereocenters.